The second kappa shape index (κ2) is 28.4. The molecule has 2 saturated heterocycles. The number of ketones is 3. The summed E-state index contributed by atoms with van der Waals surface area (Å²) in [4.78, 5) is 85.7. The minimum absolute atomic E-state index is 0.0394. The van der Waals surface area contributed by atoms with Crippen molar-refractivity contribution < 1.29 is 77.6 Å². The first-order chi connectivity index (χ1) is 34.9. The zero-order valence-corrected chi connectivity index (χ0v) is 46.2. The fourth-order valence-corrected chi connectivity index (χ4v) is 10.8. The van der Waals surface area contributed by atoms with Gasteiger partial charge in [-0.1, -0.05) is 78.0 Å². The Morgan fingerprint density at radius 3 is 2.19 bits per heavy atom. The van der Waals surface area contributed by atoms with Crippen molar-refractivity contribution in [1.29, 1.82) is 0 Å². The third-order valence-corrected chi connectivity index (χ3v) is 16.7. The zero-order chi connectivity index (χ0) is 55.2. The summed E-state index contributed by atoms with van der Waals surface area (Å²) in [6, 6.07) is -1.20. The summed E-state index contributed by atoms with van der Waals surface area (Å²) in [7, 11) is 4.44. The molecule has 3 heterocycles. The average Bonchev–Trinajstić information content (AvgIpc) is 3.39. The van der Waals surface area contributed by atoms with Crippen molar-refractivity contribution >= 4 is 35.2 Å². The number of cyclic esters (lactones) is 1. The highest BCUT2D eigenvalue weighted by Gasteiger charge is 2.53. The van der Waals surface area contributed by atoms with Gasteiger partial charge in [0.2, 0.25) is 5.79 Å². The van der Waals surface area contributed by atoms with Gasteiger partial charge in [-0.05, 0) is 113 Å². The number of methoxy groups -OCH3 is 3. The highest BCUT2D eigenvalue weighted by molar-refractivity contribution is 6.39. The number of allylic oxidation sites excluding steroid dienone is 6. The highest BCUT2D eigenvalue weighted by atomic mass is 16.6. The fourth-order valence-electron chi connectivity index (χ4n) is 10.8. The van der Waals surface area contributed by atoms with Crippen LogP contribution in [-0.2, 0) is 57.2 Å². The summed E-state index contributed by atoms with van der Waals surface area (Å²) in [6.45, 7) is 14.8. The number of amides is 1. The molecular formula is C57H89NO16. The third kappa shape index (κ3) is 15.6. The molecule has 2 bridgehead atoms. The number of aliphatic hydroxyl groups excluding tert-OH is 3. The van der Waals surface area contributed by atoms with Gasteiger partial charge in [0, 0.05) is 58.5 Å². The van der Waals surface area contributed by atoms with Gasteiger partial charge in [0.1, 0.15) is 41.7 Å². The van der Waals surface area contributed by atoms with E-state index >= 15 is 0 Å². The topological polar surface area (TPSA) is 242 Å². The molecule has 0 aromatic rings. The Labute approximate surface area is 439 Å². The first-order valence-corrected chi connectivity index (χ1v) is 26.8. The van der Waals surface area contributed by atoms with E-state index in [0.717, 1.165) is 10.5 Å². The van der Waals surface area contributed by atoms with E-state index in [-0.39, 0.29) is 55.1 Å². The van der Waals surface area contributed by atoms with E-state index in [1.54, 1.807) is 34.0 Å². The molecular weight excluding hydrogens is 955 g/mol. The summed E-state index contributed by atoms with van der Waals surface area (Å²) in [5, 5.41) is 43.2. The second-order valence-corrected chi connectivity index (χ2v) is 22.2. The average molecular weight is 1040 g/mol. The summed E-state index contributed by atoms with van der Waals surface area (Å²) < 4.78 is 35.5. The summed E-state index contributed by atoms with van der Waals surface area (Å²) in [5.74, 6) is -9.59. The van der Waals surface area contributed by atoms with E-state index in [1.165, 1.54) is 21.1 Å². The molecule has 1 saturated carbocycles. The smallest absolute Gasteiger partial charge is 0.329 e. The second-order valence-electron chi connectivity index (χ2n) is 22.2. The maximum atomic E-state index is 14.6. The lowest BCUT2D eigenvalue weighted by atomic mass is 9.78. The number of hydrogen-bond donors (Lipinski definition) is 4. The molecule has 4 aliphatic rings. The van der Waals surface area contributed by atoms with Crippen LogP contribution in [0.1, 0.15) is 133 Å². The molecule has 17 heteroatoms. The summed E-state index contributed by atoms with van der Waals surface area (Å²) in [5.41, 5.74) is -0.282. The van der Waals surface area contributed by atoms with Crippen molar-refractivity contribution in [2.24, 2.45) is 46.8 Å². The number of Topliss-reactive ketones (excluding diaryl/α,β-unsaturated/α-hetero) is 3. The van der Waals surface area contributed by atoms with Gasteiger partial charge < -0.3 is 53.7 Å². The normalized spacial score (nSPS) is 38.1. The minimum Gasteiger partial charge on any atom is -0.460 e. The van der Waals surface area contributed by atoms with E-state index in [1.807, 2.05) is 65.0 Å². The lowest BCUT2D eigenvalue weighted by Gasteiger charge is -2.42. The number of carbonyl (C=O) groups is 6. The molecule has 4 N–H and O–H groups in total. The van der Waals surface area contributed by atoms with Crippen LogP contribution in [0.15, 0.2) is 47.6 Å². The molecule has 74 heavy (non-hydrogen) atoms. The molecule has 1 amide bonds. The van der Waals surface area contributed by atoms with Crippen LogP contribution in [0.2, 0.25) is 0 Å². The molecule has 17 nitrogen and oxygen atoms in total. The summed E-state index contributed by atoms with van der Waals surface area (Å²) >= 11 is 0. The molecule has 16 atom stereocenters. The van der Waals surface area contributed by atoms with Crippen LogP contribution in [0.25, 0.3) is 0 Å². The standard InChI is InChI=1S/C57H89NO16/c1-33-18-14-13-15-19-34(2)46(69-10)29-42-23-21-38(6)57(68,74-42)52(64)53(65)58-25-17-16-20-43(58)54(66)72-47(30-44(61)35(3)26-37(5)49(62)51(71-12)50(63)40(8)39(33)7)36(4)27-41-22-24-45(48(28-41)70-11)73-55(67)56(9,31-59)32-60/h13-15,18-19,26,33,35-36,38-43,45-49,51,59-60,62,68H,16-17,20-25,27-32H2,1-12H3/b15-13+,18-14+,34-19+,37-26+. The van der Waals surface area contributed by atoms with Crippen molar-refractivity contribution in [1.82, 2.24) is 4.90 Å². The van der Waals surface area contributed by atoms with E-state index < -0.39 is 120 Å². The largest absolute Gasteiger partial charge is 0.460 e. The number of piperidine rings is 1. The molecule has 4 rings (SSSR count). The van der Waals surface area contributed by atoms with Gasteiger partial charge in [0.05, 0.1) is 31.5 Å². The van der Waals surface area contributed by atoms with Gasteiger partial charge in [0.15, 0.2) is 5.78 Å². The van der Waals surface area contributed by atoms with Gasteiger partial charge >= 0.3 is 11.9 Å². The molecule has 3 fully saturated rings. The van der Waals surface area contributed by atoms with Crippen LogP contribution in [0.5, 0.6) is 0 Å². The lowest BCUT2D eigenvalue weighted by Crippen LogP contribution is -2.61. The van der Waals surface area contributed by atoms with Crippen LogP contribution < -0.4 is 0 Å². The van der Waals surface area contributed by atoms with Crippen molar-refractivity contribution in [3.8, 4) is 0 Å². The molecule has 16 unspecified atom stereocenters. The quantitative estimate of drug-likeness (QED) is 0.112. The molecule has 0 aromatic heterocycles. The van der Waals surface area contributed by atoms with Gasteiger partial charge in [-0.3, -0.25) is 24.0 Å². The first kappa shape index (κ1) is 62.6. The number of carbonyl (C=O) groups excluding carboxylic acids is 6. The molecule has 0 aromatic carbocycles. The van der Waals surface area contributed by atoms with Crippen LogP contribution in [0.3, 0.4) is 0 Å². The Hall–Kier alpha value is -3.94. The van der Waals surface area contributed by atoms with Crippen LogP contribution in [-0.4, -0.2) is 156 Å². The van der Waals surface area contributed by atoms with E-state index in [4.69, 9.17) is 28.4 Å². The predicted octanol–water partition coefficient (Wildman–Crippen LogP) is 5.97. The Morgan fingerprint density at radius 2 is 1.55 bits per heavy atom. The number of ether oxygens (including phenoxy) is 6. The molecule has 1 aliphatic carbocycles. The van der Waals surface area contributed by atoms with Crippen molar-refractivity contribution in [3.63, 3.8) is 0 Å². The van der Waals surface area contributed by atoms with E-state index in [0.29, 0.717) is 56.9 Å². The Morgan fingerprint density at radius 1 is 0.865 bits per heavy atom. The third-order valence-electron chi connectivity index (χ3n) is 16.7. The molecule has 3 aliphatic heterocycles. The zero-order valence-electron chi connectivity index (χ0n) is 46.2. The first-order valence-electron chi connectivity index (χ1n) is 26.8. The fraction of sp³-hybridized carbons (Fsp3) is 0.754. The number of nitrogens with zero attached hydrogens (tertiary/aromatic N) is 1. The molecule has 0 radical (unpaired) electrons. The maximum Gasteiger partial charge on any atom is 0.329 e. The number of esters is 2. The Bertz CT molecular complexity index is 2040. The van der Waals surface area contributed by atoms with Crippen LogP contribution >= 0.6 is 0 Å². The monoisotopic (exact) mass is 1040 g/mol. The number of rotatable bonds is 10. The Balaban J connectivity index is 1.71. The van der Waals surface area contributed by atoms with Gasteiger partial charge in [-0.15, -0.1) is 0 Å². The SMILES string of the molecule is COC1CC2CCC(C)C(O)(O2)C(=O)C(=O)N2CCCCC2C(=O)OC(C(C)CC2CCC(OC(=O)C(C)(CO)CO)C(OC)C2)CC(=O)C(C)/C=C(\C)C(O)C(OC)C(=O)C(C)C(C)C(C)/C=C/C=C/C=C/1C. The highest BCUT2D eigenvalue weighted by Crippen LogP contribution is 2.39. The van der Waals surface area contributed by atoms with Crippen LogP contribution in [0.4, 0.5) is 0 Å². The van der Waals surface area contributed by atoms with Crippen LogP contribution in [0, 0.1) is 46.8 Å². The molecule has 418 valence electrons. The number of aliphatic hydroxyl groups is 4. The van der Waals surface area contributed by atoms with Crippen molar-refractivity contribution in [2.75, 3.05) is 41.1 Å². The minimum atomic E-state index is -2.47. The summed E-state index contributed by atoms with van der Waals surface area (Å²) in [6.07, 6.45) is 9.26. The lowest BCUT2D eigenvalue weighted by molar-refractivity contribution is -0.265. The number of hydrogen-bond acceptors (Lipinski definition) is 16. The van der Waals surface area contributed by atoms with Crippen molar-refractivity contribution in [3.05, 3.63) is 47.6 Å². The van der Waals surface area contributed by atoms with E-state index in [2.05, 4.69) is 0 Å². The van der Waals surface area contributed by atoms with Gasteiger partial charge in [-0.2, -0.15) is 0 Å². The predicted molar refractivity (Wildman–Crippen MR) is 276 cm³/mol. The van der Waals surface area contributed by atoms with E-state index in [9.17, 15) is 49.2 Å². The van der Waals surface area contributed by atoms with Crippen molar-refractivity contribution in [2.45, 2.75) is 187 Å². The Kier molecular flexibility index (Phi) is 24.1. The maximum absolute atomic E-state index is 14.6. The molecule has 0 spiro atoms. The number of fused-ring (bicyclic) bond motifs is 3. The van der Waals surface area contributed by atoms with Gasteiger partial charge in [0.25, 0.3) is 11.7 Å². The van der Waals surface area contributed by atoms with Gasteiger partial charge in [-0.25, -0.2) is 4.79 Å².